The fourth-order valence-electron chi connectivity index (χ4n) is 12.0. The first-order chi connectivity index (χ1) is 29.8. The summed E-state index contributed by atoms with van der Waals surface area (Å²) in [6, 6.07) is 59.1. The van der Waals surface area contributed by atoms with Crippen LogP contribution in [0.2, 0.25) is 0 Å². The predicted octanol–water partition coefficient (Wildman–Crippen LogP) is 15.9. The zero-order valence-electron chi connectivity index (χ0n) is 36.1. The van der Waals surface area contributed by atoms with Gasteiger partial charge in [0.1, 0.15) is 23.0 Å². The first kappa shape index (κ1) is 38.1. The van der Waals surface area contributed by atoms with Crippen LogP contribution in [0.1, 0.15) is 147 Å². The molecule has 2 aliphatic carbocycles. The van der Waals surface area contributed by atoms with Crippen LogP contribution in [0.25, 0.3) is 11.1 Å². The monoisotopic (exact) mass is 796 g/mol. The van der Waals surface area contributed by atoms with Crippen molar-refractivity contribution in [2.45, 2.75) is 107 Å². The zero-order chi connectivity index (χ0) is 41.3. The van der Waals surface area contributed by atoms with Gasteiger partial charge in [-0.1, -0.05) is 193 Å². The molecule has 11 rings (SSSR count). The number of fused-ring (bicyclic) bond motifs is 4. The Kier molecular flexibility index (Phi) is 9.15. The molecule has 61 heavy (non-hydrogen) atoms. The number of para-hydroxylation sites is 2. The van der Waals surface area contributed by atoms with Crippen molar-refractivity contribution in [1.29, 1.82) is 0 Å². The van der Waals surface area contributed by atoms with Crippen LogP contribution < -0.4 is 9.47 Å². The van der Waals surface area contributed by atoms with Crippen molar-refractivity contribution in [2.24, 2.45) is 0 Å². The minimum atomic E-state index is -0.725. The lowest BCUT2D eigenvalue weighted by atomic mass is 9.63. The maximum atomic E-state index is 7.39. The largest absolute Gasteiger partial charge is 0.456 e. The van der Waals surface area contributed by atoms with Crippen LogP contribution in [0.4, 0.5) is 0 Å². The number of rotatable bonds is 7. The van der Waals surface area contributed by atoms with Gasteiger partial charge >= 0.3 is 0 Å². The second-order valence-corrected chi connectivity index (χ2v) is 19.3. The van der Waals surface area contributed by atoms with E-state index in [1.54, 1.807) is 0 Å². The molecule has 304 valence electrons. The molecule has 0 saturated heterocycles. The molecule has 4 aliphatic rings. The second kappa shape index (κ2) is 14.7. The van der Waals surface area contributed by atoms with Gasteiger partial charge in [0.25, 0.3) is 0 Å². The minimum absolute atomic E-state index is 0.223. The van der Waals surface area contributed by atoms with Crippen molar-refractivity contribution in [3.05, 3.63) is 213 Å². The lowest BCUT2D eigenvalue weighted by molar-refractivity contribution is 0.408. The Balaban J connectivity index is 1.17. The third-order valence-electron chi connectivity index (χ3n) is 15.2. The fourth-order valence-corrected chi connectivity index (χ4v) is 12.0. The molecule has 2 saturated carbocycles. The van der Waals surface area contributed by atoms with Crippen molar-refractivity contribution >= 4 is 0 Å². The Morgan fingerprint density at radius 2 is 0.984 bits per heavy atom. The first-order valence-corrected chi connectivity index (χ1v) is 22.9. The highest BCUT2D eigenvalue weighted by Crippen LogP contribution is 2.58. The number of benzene rings is 7. The molecule has 2 nitrogen and oxygen atoms in total. The average molecular weight is 797 g/mol. The lowest BCUT2D eigenvalue weighted by Crippen LogP contribution is -2.33. The van der Waals surface area contributed by atoms with E-state index >= 15 is 0 Å². The molecule has 0 unspecified atom stereocenters. The van der Waals surface area contributed by atoms with Crippen LogP contribution >= 0.6 is 0 Å². The van der Waals surface area contributed by atoms with Gasteiger partial charge in [-0.05, 0) is 89.1 Å². The summed E-state index contributed by atoms with van der Waals surface area (Å²) >= 11 is 0. The predicted molar refractivity (Wildman–Crippen MR) is 250 cm³/mol. The summed E-state index contributed by atoms with van der Waals surface area (Å²) in [5.74, 6) is 5.03. The third kappa shape index (κ3) is 5.96. The van der Waals surface area contributed by atoms with Crippen molar-refractivity contribution in [3.63, 3.8) is 0 Å². The van der Waals surface area contributed by atoms with E-state index in [9.17, 15) is 0 Å². The van der Waals surface area contributed by atoms with E-state index < -0.39 is 5.41 Å². The Bertz CT molecular complexity index is 2720. The molecule has 0 atom stereocenters. The summed E-state index contributed by atoms with van der Waals surface area (Å²) in [4.78, 5) is 0. The summed E-state index contributed by atoms with van der Waals surface area (Å²) in [6.07, 6.45) is 10.1. The van der Waals surface area contributed by atoms with Gasteiger partial charge in [-0.2, -0.15) is 0 Å². The van der Waals surface area contributed by atoms with Gasteiger partial charge in [-0.3, -0.25) is 0 Å². The Hall–Kier alpha value is -5.86. The number of ether oxygens (including phenoxy) is 2. The molecule has 2 aliphatic heterocycles. The zero-order valence-corrected chi connectivity index (χ0v) is 36.1. The Morgan fingerprint density at radius 1 is 0.443 bits per heavy atom. The maximum absolute atomic E-state index is 7.39. The van der Waals surface area contributed by atoms with Crippen molar-refractivity contribution < 1.29 is 9.47 Å². The molecule has 2 heterocycles. The van der Waals surface area contributed by atoms with E-state index in [0.29, 0.717) is 11.8 Å². The van der Waals surface area contributed by atoms with Crippen molar-refractivity contribution in [1.82, 2.24) is 0 Å². The Morgan fingerprint density at radius 3 is 1.69 bits per heavy atom. The molecule has 2 heteroatoms. The summed E-state index contributed by atoms with van der Waals surface area (Å²) in [6.45, 7) is 9.46. The van der Waals surface area contributed by atoms with Gasteiger partial charge in [0.2, 0.25) is 0 Å². The summed E-state index contributed by atoms with van der Waals surface area (Å²) in [5.41, 5.74) is 13.8. The van der Waals surface area contributed by atoms with Crippen molar-refractivity contribution in [3.8, 4) is 34.1 Å². The molecule has 0 spiro atoms. The van der Waals surface area contributed by atoms with E-state index in [-0.39, 0.29) is 10.8 Å². The molecule has 7 aromatic rings. The van der Waals surface area contributed by atoms with Gasteiger partial charge in [0, 0.05) is 44.2 Å². The molecule has 0 amide bonds. The molecular formula is C59H56O2. The molecule has 0 bridgehead atoms. The smallest absolute Gasteiger partial charge is 0.139 e. The normalized spacial score (nSPS) is 17.7. The third-order valence-corrected chi connectivity index (χ3v) is 15.2. The molecule has 0 radical (unpaired) electrons. The molecule has 2 fully saturated rings. The second-order valence-electron chi connectivity index (χ2n) is 19.3. The lowest BCUT2D eigenvalue weighted by Gasteiger charge is -2.42. The van der Waals surface area contributed by atoms with E-state index in [1.165, 1.54) is 113 Å². The van der Waals surface area contributed by atoms with Crippen LogP contribution in [-0.4, -0.2) is 0 Å². The van der Waals surface area contributed by atoms with Crippen LogP contribution in [0.15, 0.2) is 158 Å². The van der Waals surface area contributed by atoms with Gasteiger partial charge in [-0.25, -0.2) is 0 Å². The molecule has 7 aromatic carbocycles. The molecular weight excluding hydrogens is 741 g/mol. The number of hydrogen-bond donors (Lipinski definition) is 0. The highest BCUT2D eigenvalue weighted by atomic mass is 16.5. The quantitative estimate of drug-likeness (QED) is 0.150. The minimum Gasteiger partial charge on any atom is -0.456 e. The average Bonchev–Trinajstić information content (AvgIpc) is 4.04. The standard InChI is InChI=1S/C59H56O2/c1-57(2)47-29-15-16-32-52(47)60-55-49(57)30-18-31-51(55)59(43-24-7-5-8-25-43,44-26-9-6-10-27-44)45-28-17-23-42(37-45)54-46(40-21-13-14-22-40)34-36-50-56(54)61-53-38-41(39-19-11-12-20-39)33-35-48(53)58(50,3)4/h5-10,15-18,23-40H,11-14,19-22H2,1-4H3. The highest BCUT2D eigenvalue weighted by Gasteiger charge is 2.45. The SMILES string of the molecule is CC1(C)c2ccccc2Oc2c1cccc2C(c1ccccc1)(c1ccccc1)c1cccc(-c2c(C3CCCC3)ccc3c2Oc2cc(C4CCCC4)ccc2C3(C)C)c1. The summed E-state index contributed by atoms with van der Waals surface area (Å²) in [5, 5.41) is 0. The van der Waals surface area contributed by atoms with Crippen molar-refractivity contribution in [2.75, 3.05) is 0 Å². The van der Waals surface area contributed by atoms with E-state index in [2.05, 4.69) is 185 Å². The van der Waals surface area contributed by atoms with Gasteiger partial charge in [0.05, 0.1) is 5.41 Å². The molecule has 0 N–H and O–H groups in total. The topological polar surface area (TPSA) is 18.5 Å². The van der Waals surface area contributed by atoms with E-state index in [0.717, 1.165) is 28.6 Å². The van der Waals surface area contributed by atoms with E-state index in [4.69, 9.17) is 9.47 Å². The molecule has 0 aromatic heterocycles. The Labute approximate surface area is 362 Å². The summed E-state index contributed by atoms with van der Waals surface area (Å²) < 4.78 is 14.6. The fraction of sp³-hybridized carbons (Fsp3) is 0.288. The van der Waals surface area contributed by atoms with E-state index in [1.807, 2.05) is 0 Å². The highest BCUT2D eigenvalue weighted by molar-refractivity contribution is 5.81. The maximum Gasteiger partial charge on any atom is 0.139 e. The number of hydrogen-bond acceptors (Lipinski definition) is 2. The van der Waals surface area contributed by atoms with Gasteiger partial charge < -0.3 is 9.47 Å². The summed E-state index contributed by atoms with van der Waals surface area (Å²) in [7, 11) is 0. The van der Waals surface area contributed by atoms with Crippen LogP contribution in [0, 0.1) is 0 Å². The first-order valence-electron chi connectivity index (χ1n) is 22.9. The van der Waals surface area contributed by atoms with Gasteiger partial charge in [0.15, 0.2) is 0 Å². The van der Waals surface area contributed by atoms with Crippen LogP contribution in [0.3, 0.4) is 0 Å². The van der Waals surface area contributed by atoms with Crippen LogP contribution in [0.5, 0.6) is 23.0 Å². The van der Waals surface area contributed by atoms with Gasteiger partial charge in [-0.15, -0.1) is 0 Å². The van der Waals surface area contributed by atoms with Crippen LogP contribution in [-0.2, 0) is 16.2 Å².